The van der Waals surface area contributed by atoms with E-state index in [0.717, 1.165) is 4.90 Å². The van der Waals surface area contributed by atoms with Gasteiger partial charge in [0.15, 0.2) is 0 Å². The van der Waals surface area contributed by atoms with Gasteiger partial charge in [0.1, 0.15) is 12.1 Å². The molecule has 0 saturated carbocycles. The molecule has 16 heavy (non-hydrogen) atoms. The molecule has 0 fully saturated rings. The number of benzene rings is 1. The van der Waals surface area contributed by atoms with E-state index in [1.54, 1.807) is 18.2 Å². The Morgan fingerprint density at radius 2 is 1.94 bits per heavy atom. The third-order valence-corrected chi connectivity index (χ3v) is 3.02. The van der Waals surface area contributed by atoms with Crippen LogP contribution in [0.2, 0.25) is 0 Å². The first-order valence-electron chi connectivity index (χ1n) is 4.57. The van der Waals surface area contributed by atoms with Crippen molar-refractivity contribution in [2.45, 2.75) is 11.0 Å². The van der Waals surface area contributed by atoms with E-state index in [4.69, 9.17) is 20.7 Å². The predicted octanol–water partition coefficient (Wildman–Crippen LogP) is 0.875. The highest BCUT2D eigenvalue weighted by Crippen LogP contribution is 2.21. The topological polar surface area (TPSA) is 88.0 Å². The average molecular weight is 234 g/mol. The first-order valence-corrected chi connectivity index (χ1v) is 5.55. The van der Waals surface area contributed by atoms with Crippen LogP contribution in [0.15, 0.2) is 23.1 Å². The molecule has 1 aromatic carbocycles. The zero-order valence-corrected chi connectivity index (χ0v) is 9.24. The lowest BCUT2D eigenvalue weighted by molar-refractivity contribution is 0.113. The van der Waals surface area contributed by atoms with Gasteiger partial charge in [-0.25, -0.2) is 0 Å². The second kappa shape index (κ2) is 6.14. The molecule has 1 rings (SSSR count). The molecule has 82 valence electrons. The molecule has 0 saturated heterocycles. The maximum absolute atomic E-state index is 9.16. The van der Waals surface area contributed by atoms with E-state index in [9.17, 15) is 0 Å². The average Bonchev–Trinajstić information content (AvgIpc) is 2.35. The van der Waals surface area contributed by atoms with Gasteiger partial charge in [0.2, 0.25) is 0 Å². The molecule has 2 N–H and O–H groups in total. The van der Waals surface area contributed by atoms with E-state index >= 15 is 0 Å². The molecule has 0 aliphatic carbocycles. The standard InChI is InChI=1S/C11H10N2O2S/c12-4-8-1-2-11(3-9(8)5-13)16-7-10(15)6-14/h1-3,10,14-15H,6-7H2. The summed E-state index contributed by atoms with van der Waals surface area (Å²) in [5.41, 5.74) is 0.667. The van der Waals surface area contributed by atoms with E-state index in [0.29, 0.717) is 16.9 Å². The van der Waals surface area contributed by atoms with Crippen LogP contribution in [0.5, 0.6) is 0 Å². The van der Waals surface area contributed by atoms with Crippen LogP contribution in [-0.2, 0) is 0 Å². The highest BCUT2D eigenvalue weighted by molar-refractivity contribution is 7.99. The Kier molecular flexibility index (Phi) is 4.81. The minimum absolute atomic E-state index is 0.283. The van der Waals surface area contributed by atoms with Crippen LogP contribution in [0.4, 0.5) is 0 Å². The zero-order chi connectivity index (χ0) is 12.0. The largest absolute Gasteiger partial charge is 0.394 e. The fraction of sp³-hybridized carbons (Fsp3) is 0.273. The Morgan fingerprint density at radius 3 is 2.50 bits per heavy atom. The summed E-state index contributed by atoms with van der Waals surface area (Å²) in [4.78, 5) is 0.794. The van der Waals surface area contributed by atoms with Gasteiger partial charge in [-0.15, -0.1) is 11.8 Å². The monoisotopic (exact) mass is 234 g/mol. The van der Waals surface area contributed by atoms with Crippen LogP contribution in [0, 0.1) is 22.7 Å². The van der Waals surface area contributed by atoms with Crippen molar-refractivity contribution >= 4 is 11.8 Å². The fourth-order valence-electron chi connectivity index (χ4n) is 1.05. The van der Waals surface area contributed by atoms with Gasteiger partial charge in [-0.1, -0.05) is 0 Å². The van der Waals surface area contributed by atoms with Crippen LogP contribution in [-0.4, -0.2) is 28.7 Å². The van der Waals surface area contributed by atoms with E-state index in [1.165, 1.54) is 11.8 Å². The summed E-state index contributed by atoms with van der Waals surface area (Å²) in [7, 11) is 0. The van der Waals surface area contributed by atoms with E-state index in [-0.39, 0.29) is 6.61 Å². The van der Waals surface area contributed by atoms with Gasteiger partial charge < -0.3 is 10.2 Å². The van der Waals surface area contributed by atoms with Gasteiger partial charge >= 0.3 is 0 Å². The maximum Gasteiger partial charge on any atom is 0.101 e. The molecule has 0 aliphatic rings. The van der Waals surface area contributed by atoms with Crippen LogP contribution in [0.3, 0.4) is 0 Å². The molecule has 0 radical (unpaired) electrons. The van der Waals surface area contributed by atoms with Crippen LogP contribution >= 0.6 is 11.8 Å². The van der Waals surface area contributed by atoms with Gasteiger partial charge in [-0.3, -0.25) is 0 Å². The van der Waals surface area contributed by atoms with Gasteiger partial charge in [-0.2, -0.15) is 10.5 Å². The molecule has 1 aromatic rings. The summed E-state index contributed by atoms with van der Waals surface area (Å²) in [6.45, 7) is -0.283. The van der Waals surface area contributed by atoms with Crippen molar-refractivity contribution in [3.8, 4) is 12.1 Å². The fourth-order valence-corrected chi connectivity index (χ4v) is 1.90. The van der Waals surface area contributed by atoms with Crippen molar-refractivity contribution in [3.05, 3.63) is 29.3 Å². The Balaban J connectivity index is 2.77. The summed E-state index contributed by atoms with van der Waals surface area (Å²) < 4.78 is 0. The number of aliphatic hydroxyl groups is 2. The van der Waals surface area contributed by atoms with Gasteiger partial charge in [0.25, 0.3) is 0 Å². The molecule has 4 nitrogen and oxygen atoms in total. The Labute approximate surface area is 97.8 Å². The summed E-state index contributed by atoms with van der Waals surface area (Å²) in [5.74, 6) is 0.354. The molecule has 0 bridgehead atoms. The summed E-state index contributed by atoms with van der Waals surface area (Å²) in [5, 5.41) is 35.3. The second-order valence-electron chi connectivity index (χ2n) is 3.08. The number of hydrogen-bond donors (Lipinski definition) is 2. The first kappa shape index (κ1) is 12.5. The van der Waals surface area contributed by atoms with Crippen LogP contribution < -0.4 is 0 Å². The van der Waals surface area contributed by atoms with Crippen molar-refractivity contribution < 1.29 is 10.2 Å². The SMILES string of the molecule is N#Cc1ccc(SCC(O)CO)cc1C#N. The summed E-state index contributed by atoms with van der Waals surface area (Å²) in [6.07, 6.45) is -0.772. The van der Waals surface area contributed by atoms with Crippen molar-refractivity contribution in [2.24, 2.45) is 0 Å². The highest BCUT2D eigenvalue weighted by atomic mass is 32.2. The van der Waals surface area contributed by atoms with Crippen LogP contribution in [0.25, 0.3) is 0 Å². The Morgan fingerprint density at radius 1 is 1.25 bits per heavy atom. The predicted molar refractivity (Wildman–Crippen MR) is 59.7 cm³/mol. The number of thioether (sulfide) groups is 1. The number of nitrogens with zero attached hydrogens (tertiary/aromatic N) is 2. The lowest BCUT2D eigenvalue weighted by Crippen LogP contribution is -2.14. The Bertz CT molecular complexity index is 448. The smallest absolute Gasteiger partial charge is 0.101 e. The number of rotatable bonds is 4. The van der Waals surface area contributed by atoms with Gasteiger partial charge in [0, 0.05) is 10.6 Å². The van der Waals surface area contributed by atoms with Crippen molar-refractivity contribution in [3.63, 3.8) is 0 Å². The maximum atomic E-state index is 9.16. The van der Waals surface area contributed by atoms with Crippen LogP contribution in [0.1, 0.15) is 11.1 Å². The molecule has 0 amide bonds. The normalized spacial score (nSPS) is 11.5. The lowest BCUT2D eigenvalue weighted by Gasteiger charge is -2.06. The zero-order valence-electron chi connectivity index (χ0n) is 8.42. The summed E-state index contributed by atoms with van der Waals surface area (Å²) >= 11 is 1.33. The molecule has 0 spiro atoms. The van der Waals surface area contributed by atoms with E-state index in [1.807, 2.05) is 12.1 Å². The minimum Gasteiger partial charge on any atom is -0.394 e. The molecular formula is C11H10N2O2S. The first-order chi connectivity index (χ1) is 7.71. The van der Waals surface area contributed by atoms with Gasteiger partial charge in [-0.05, 0) is 18.2 Å². The molecule has 0 aromatic heterocycles. The lowest BCUT2D eigenvalue weighted by atomic mass is 10.1. The highest BCUT2D eigenvalue weighted by Gasteiger charge is 2.06. The van der Waals surface area contributed by atoms with E-state index in [2.05, 4.69) is 0 Å². The number of aliphatic hydroxyl groups excluding tert-OH is 2. The molecule has 5 heteroatoms. The second-order valence-corrected chi connectivity index (χ2v) is 4.17. The molecule has 0 aliphatic heterocycles. The summed E-state index contributed by atoms with van der Waals surface area (Å²) in [6, 6.07) is 8.77. The van der Waals surface area contributed by atoms with Crippen molar-refractivity contribution in [1.82, 2.24) is 0 Å². The van der Waals surface area contributed by atoms with Crippen molar-refractivity contribution in [2.75, 3.05) is 12.4 Å². The number of nitriles is 2. The van der Waals surface area contributed by atoms with E-state index < -0.39 is 6.10 Å². The third kappa shape index (κ3) is 3.25. The van der Waals surface area contributed by atoms with Crippen molar-refractivity contribution in [1.29, 1.82) is 10.5 Å². The van der Waals surface area contributed by atoms with Gasteiger partial charge in [0.05, 0.1) is 23.8 Å². The molecule has 1 atom stereocenters. The minimum atomic E-state index is -0.772. The number of hydrogen-bond acceptors (Lipinski definition) is 5. The quantitative estimate of drug-likeness (QED) is 0.755. The Hall–Kier alpha value is -1.53. The molecular weight excluding hydrogens is 224 g/mol. The molecule has 1 unspecified atom stereocenters. The third-order valence-electron chi connectivity index (χ3n) is 1.89. The molecule has 0 heterocycles.